The summed E-state index contributed by atoms with van der Waals surface area (Å²) in [4.78, 5) is 28.3. The predicted molar refractivity (Wildman–Crippen MR) is 123 cm³/mol. The second kappa shape index (κ2) is 11.2. The van der Waals surface area contributed by atoms with Crippen molar-refractivity contribution < 1.29 is 18.7 Å². The maximum atomic E-state index is 13.3. The molecule has 6 nitrogen and oxygen atoms in total. The first-order chi connectivity index (χ1) is 15.5. The van der Waals surface area contributed by atoms with Crippen molar-refractivity contribution in [3.63, 3.8) is 0 Å². The monoisotopic (exact) mass is 434 g/mol. The molecule has 2 amide bonds. The number of furan rings is 1. The van der Waals surface area contributed by atoms with Crippen LogP contribution < -0.4 is 10.1 Å². The molecule has 0 aliphatic carbocycles. The average molecular weight is 435 g/mol. The number of carbonyl (C=O) groups excluding carboxylic acids is 2. The number of methoxy groups -OCH3 is 1. The molecule has 1 atom stereocenters. The first kappa shape index (κ1) is 23.1. The topological polar surface area (TPSA) is 71.8 Å². The third kappa shape index (κ3) is 6.23. The van der Waals surface area contributed by atoms with Gasteiger partial charge in [-0.2, -0.15) is 0 Å². The lowest BCUT2D eigenvalue weighted by atomic mass is 10.0. The van der Waals surface area contributed by atoms with Crippen molar-refractivity contribution in [3.8, 4) is 5.75 Å². The summed E-state index contributed by atoms with van der Waals surface area (Å²) >= 11 is 0. The molecule has 2 aromatic carbocycles. The fourth-order valence-corrected chi connectivity index (χ4v) is 3.49. The van der Waals surface area contributed by atoms with E-state index in [0.717, 1.165) is 16.9 Å². The van der Waals surface area contributed by atoms with Crippen molar-refractivity contribution >= 4 is 11.8 Å². The first-order valence-corrected chi connectivity index (χ1v) is 10.8. The highest BCUT2D eigenvalue weighted by Gasteiger charge is 2.31. The molecule has 168 valence electrons. The number of hydrogen-bond acceptors (Lipinski definition) is 4. The minimum atomic E-state index is -0.663. The van der Waals surface area contributed by atoms with Gasteiger partial charge in [0.2, 0.25) is 11.8 Å². The molecule has 1 aromatic heterocycles. The van der Waals surface area contributed by atoms with E-state index in [0.29, 0.717) is 18.7 Å². The summed E-state index contributed by atoms with van der Waals surface area (Å²) in [5.41, 5.74) is 1.92. The SMILES string of the molecule is COc1ccc(CN(C(=O)C(C)C)[C@H](Cc2ccccc2)C(=O)NCc2ccco2)cc1. The summed E-state index contributed by atoms with van der Waals surface area (Å²) in [5.74, 6) is 0.869. The van der Waals surface area contributed by atoms with Crippen molar-refractivity contribution in [2.75, 3.05) is 7.11 Å². The molecule has 1 heterocycles. The van der Waals surface area contributed by atoms with Crippen LogP contribution in [0.25, 0.3) is 0 Å². The molecule has 0 spiro atoms. The van der Waals surface area contributed by atoms with E-state index in [-0.39, 0.29) is 24.3 Å². The van der Waals surface area contributed by atoms with Crippen LogP contribution in [0.4, 0.5) is 0 Å². The zero-order chi connectivity index (χ0) is 22.9. The van der Waals surface area contributed by atoms with Crippen LogP contribution in [0.5, 0.6) is 5.75 Å². The van der Waals surface area contributed by atoms with Gasteiger partial charge in [-0.15, -0.1) is 0 Å². The van der Waals surface area contributed by atoms with Crippen LogP contribution in [0.2, 0.25) is 0 Å². The van der Waals surface area contributed by atoms with E-state index in [1.54, 1.807) is 30.4 Å². The van der Waals surface area contributed by atoms with Crippen molar-refractivity contribution in [3.05, 3.63) is 89.9 Å². The van der Waals surface area contributed by atoms with E-state index >= 15 is 0 Å². The summed E-state index contributed by atoms with van der Waals surface area (Å²) in [5, 5.41) is 2.94. The van der Waals surface area contributed by atoms with Gasteiger partial charge in [0.25, 0.3) is 0 Å². The number of hydrogen-bond donors (Lipinski definition) is 1. The molecule has 0 saturated carbocycles. The Labute approximate surface area is 189 Å². The quantitative estimate of drug-likeness (QED) is 0.519. The summed E-state index contributed by atoms with van der Waals surface area (Å²) in [6.07, 6.45) is 1.99. The number of nitrogens with one attached hydrogen (secondary N) is 1. The van der Waals surface area contributed by atoms with Crippen molar-refractivity contribution in [2.24, 2.45) is 5.92 Å². The number of carbonyl (C=O) groups is 2. The number of rotatable bonds is 10. The standard InChI is InChI=1S/C26H30N2O4/c1-19(2)26(30)28(18-21-11-13-22(31-3)14-12-21)24(16-20-8-5-4-6-9-20)25(29)27-17-23-10-7-15-32-23/h4-15,19,24H,16-18H2,1-3H3,(H,27,29)/t24-/m1/s1. The Morgan fingerprint density at radius 2 is 1.69 bits per heavy atom. The Bertz CT molecular complexity index is 982. The van der Waals surface area contributed by atoms with Crippen LogP contribution in [0.3, 0.4) is 0 Å². The lowest BCUT2D eigenvalue weighted by Crippen LogP contribution is -2.51. The van der Waals surface area contributed by atoms with Crippen LogP contribution in [0.15, 0.2) is 77.4 Å². The van der Waals surface area contributed by atoms with E-state index in [1.165, 1.54) is 0 Å². The molecule has 0 aliphatic rings. The maximum Gasteiger partial charge on any atom is 0.243 e. The molecule has 0 aliphatic heterocycles. The van der Waals surface area contributed by atoms with Gasteiger partial charge < -0.3 is 19.4 Å². The molecule has 3 aromatic rings. The minimum absolute atomic E-state index is 0.0742. The fourth-order valence-electron chi connectivity index (χ4n) is 3.49. The smallest absolute Gasteiger partial charge is 0.243 e. The highest BCUT2D eigenvalue weighted by molar-refractivity contribution is 5.88. The Morgan fingerprint density at radius 3 is 2.28 bits per heavy atom. The van der Waals surface area contributed by atoms with E-state index in [2.05, 4.69) is 5.32 Å². The van der Waals surface area contributed by atoms with Gasteiger partial charge in [-0.3, -0.25) is 9.59 Å². The van der Waals surface area contributed by atoms with Gasteiger partial charge >= 0.3 is 0 Å². The van der Waals surface area contributed by atoms with E-state index in [9.17, 15) is 9.59 Å². The molecule has 1 N–H and O–H groups in total. The van der Waals surface area contributed by atoms with Crippen molar-refractivity contribution in [2.45, 2.75) is 39.4 Å². The number of amides is 2. The van der Waals surface area contributed by atoms with Gasteiger partial charge in [0.15, 0.2) is 0 Å². The lowest BCUT2D eigenvalue weighted by Gasteiger charge is -2.32. The zero-order valence-corrected chi connectivity index (χ0v) is 18.8. The van der Waals surface area contributed by atoms with Crippen LogP contribution in [-0.4, -0.2) is 29.9 Å². The molecule has 0 saturated heterocycles. The summed E-state index contributed by atoms with van der Waals surface area (Å²) < 4.78 is 10.6. The third-order valence-electron chi connectivity index (χ3n) is 5.26. The van der Waals surface area contributed by atoms with Gasteiger partial charge in [0, 0.05) is 18.9 Å². The largest absolute Gasteiger partial charge is 0.497 e. The predicted octanol–water partition coefficient (Wildman–Crippen LogP) is 4.20. The van der Waals surface area contributed by atoms with Crippen LogP contribution in [-0.2, 0) is 29.1 Å². The van der Waals surface area contributed by atoms with Gasteiger partial charge in [0.1, 0.15) is 17.6 Å². The Morgan fingerprint density at radius 1 is 0.969 bits per heavy atom. The lowest BCUT2D eigenvalue weighted by molar-refractivity contribution is -0.143. The van der Waals surface area contributed by atoms with Gasteiger partial charge in [0.05, 0.1) is 19.9 Å². The van der Waals surface area contributed by atoms with E-state index in [1.807, 2.05) is 68.4 Å². The summed E-state index contributed by atoms with van der Waals surface area (Å²) in [7, 11) is 1.61. The van der Waals surface area contributed by atoms with Gasteiger partial charge in [-0.25, -0.2) is 0 Å². The Hall–Kier alpha value is -3.54. The second-order valence-electron chi connectivity index (χ2n) is 7.97. The molecule has 0 bridgehead atoms. The maximum absolute atomic E-state index is 13.3. The number of ether oxygens (including phenoxy) is 1. The highest BCUT2D eigenvalue weighted by Crippen LogP contribution is 2.19. The molecule has 0 unspecified atom stereocenters. The summed E-state index contributed by atoms with van der Waals surface area (Å²) in [6, 6.07) is 20.2. The van der Waals surface area contributed by atoms with E-state index in [4.69, 9.17) is 9.15 Å². The number of benzene rings is 2. The zero-order valence-electron chi connectivity index (χ0n) is 18.8. The molecular weight excluding hydrogens is 404 g/mol. The fraction of sp³-hybridized carbons (Fsp3) is 0.308. The normalized spacial score (nSPS) is 11.8. The molecule has 32 heavy (non-hydrogen) atoms. The third-order valence-corrected chi connectivity index (χ3v) is 5.26. The number of nitrogens with zero attached hydrogens (tertiary/aromatic N) is 1. The molecule has 0 radical (unpaired) electrons. The van der Waals surface area contributed by atoms with Crippen LogP contribution in [0, 0.1) is 5.92 Å². The molecule has 3 rings (SSSR count). The Kier molecular flexibility index (Phi) is 8.08. The Balaban J connectivity index is 1.88. The van der Waals surface area contributed by atoms with Crippen molar-refractivity contribution in [1.29, 1.82) is 0 Å². The first-order valence-electron chi connectivity index (χ1n) is 10.8. The minimum Gasteiger partial charge on any atom is -0.497 e. The molecular formula is C26H30N2O4. The van der Waals surface area contributed by atoms with Gasteiger partial charge in [-0.05, 0) is 35.4 Å². The van der Waals surface area contributed by atoms with Crippen LogP contribution in [0.1, 0.15) is 30.7 Å². The second-order valence-corrected chi connectivity index (χ2v) is 7.97. The summed E-state index contributed by atoms with van der Waals surface area (Å²) in [6.45, 7) is 4.30. The van der Waals surface area contributed by atoms with E-state index < -0.39 is 6.04 Å². The molecule has 0 fully saturated rings. The van der Waals surface area contributed by atoms with Crippen LogP contribution >= 0.6 is 0 Å². The average Bonchev–Trinajstić information content (AvgIpc) is 3.34. The molecule has 6 heteroatoms. The van der Waals surface area contributed by atoms with Crippen molar-refractivity contribution in [1.82, 2.24) is 10.2 Å². The van der Waals surface area contributed by atoms with Gasteiger partial charge in [-0.1, -0.05) is 56.3 Å². The highest BCUT2D eigenvalue weighted by atomic mass is 16.5.